The summed E-state index contributed by atoms with van der Waals surface area (Å²) in [4.78, 5) is 0. The topological polar surface area (TPSA) is 32.3 Å². The van der Waals surface area contributed by atoms with Crippen LogP contribution in [0, 0.1) is 19.7 Å². The Morgan fingerprint density at radius 3 is 2.67 bits per heavy atom. The van der Waals surface area contributed by atoms with Crippen LogP contribution < -0.4 is 5.32 Å². The van der Waals surface area contributed by atoms with E-state index >= 15 is 0 Å². The minimum atomic E-state index is -0.814. The summed E-state index contributed by atoms with van der Waals surface area (Å²) < 4.78 is 14.2. The smallest absolute Gasteiger partial charge is 0.143 e. The van der Waals surface area contributed by atoms with E-state index in [-0.39, 0.29) is 5.82 Å². The van der Waals surface area contributed by atoms with Gasteiger partial charge in [-0.3, -0.25) is 0 Å². The van der Waals surface area contributed by atoms with E-state index in [1.807, 2.05) is 13.8 Å². The van der Waals surface area contributed by atoms with Gasteiger partial charge in [-0.15, -0.1) is 0 Å². The summed E-state index contributed by atoms with van der Waals surface area (Å²) in [7, 11) is 1.72. The first-order valence-electron chi connectivity index (χ1n) is 4.76. The van der Waals surface area contributed by atoms with E-state index in [1.54, 1.807) is 13.1 Å². The maximum atomic E-state index is 13.8. The molecular weight excluding hydrogens is 261 g/mol. The highest BCUT2D eigenvalue weighted by molar-refractivity contribution is 9.10. The summed E-state index contributed by atoms with van der Waals surface area (Å²) in [6.07, 6.45) is -0.814. The van der Waals surface area contributed by atoms with Crippen LogP contribution in [0.15, 0.2) is 10.5 Å². The fraction of sp³-hybridized carbons (Fsp3) is 0.455. The van der Waals surface area contributed by atoms with Crippen LogP contribution in [0.25, 0.3) is 0 Å². The van der Waals surface area contributed by atoms with Crippen molar-refractivity contribution in [2.24, 2.45) is 0 Å². The first-order valence-corrected chi connectivity index (χ1v) is 5.56. The quantitative estimate of drug-likeness (QED) is 0.888. The van der Waals surface area contributed by atoms with Crippen LogP contribution in [-0.2, 0) is 0 Å². The first-order chi connectivity index (χ1) is 6.99. The number of aryl methyl sites for hydroxylation is 1. The molecule has 15 heavy (non-hydrogen) atoms. The Balaban J connectivity index is 3.26. The number of hydrogen-bond donors (Lipinski definition) is 2. The zero-order chi connectivity index (χ0) is 11.6. The van der Waals surface area contributed by atoms with Crippen molar-refractivity contribution in [1.29, 1.82) is 0 Å². The molecule has 0 heterocycles. The number of hydrogen-bond acceptors (Lipinski definition) is 2. The van der Waals surface area contributed by atoms with E-state index in [9.17, 15) is 9.50 Å². The lowest BCUT2D eigenvalue weighted by atomic mass is 9.98. The van der Waals surface area contributed by atoms with Crippen LogP contribution in [0.5, 0.6) is 0 Å². The molecule has 1 unspecified atom stereocenters. The van der Waals surface area contributed by atoms with Gasteiger partial charge in [0, 0.05) is 12.1 Å². The lowest BCUT2D eigenvalue weighted by molar-refractivity contribution is 0.172. The second-order valence-corrected chi connectivity index (χ2v) is 4.46. The maximum absolute atomic E-state index is 13.8. The molecule has 0 aliphatic rings. The second-order valence-electron chi connectivity index (χ2n) is 3.60. The SMILES string of the molecule is CNCC(O)c1c(C)c(C)cc(Br)c1F. The number of aliphatic hydroxyl groups is 1. The summed E-state index contributed by atoms with van der Waals surface area (Å²) >= 11 is 3.14. The number of aliphatic hydroxyl groups excluding tert-OH is 1. The minimum absolute atomic E-state index is 0.341. The molecule has 1 rings (SSSR count). The van der Waals surface area contributed by atoms with Gasteiger partial charge in [-0.2, -0.15) is 0 Å². The fourth-order valence-corrected chi connectivity index (χ4v) is 2.12. The van der Waals surface area contributed by atoms with Gasteiger partial charge >= 0.3 is 0 Å². The van der Waals surface area contributed by atoms with Crippen LogP contribution in [0.4, 0.5) is 4.39 Å². The lowest BCUT2D eigenvalue weighted by Crippen LogP contribution is -2.19. The maximum Gasteiger partial charge on any atom is 0.143 e. The van der Waals surface area contributed by atoms with Crippen LogP contribution in [-0.4, -0.2) is 18.7 Å². The van der Waals surface area contributed by atoms with E-state index < -0.39 is 6.10 Å². The molecule has 0 saturated carbocycles. The number of nitrogens with one attached hydrogen (secondary N) is 1. The van der Waals surface area contributed by atoms with E-state index in [0.29, 0.717) is 16.6 Å². The molecule has 0 amide bonds. The highest BCUT2D eigenvalue weighted by Crippen LogP contribution is 2.29. The molecule has 0 spiro atoms. The Labute approximate surface area is 97.6 Å². The van der Waals surface area contributed by atoms with Gasteiger partial charge in [-0.05, 0) is 54.0 Å². The average molecular weight is 276 g/mol. The molecule has 0 aromatic heterocycles. The zero-order valence-corrected chi connectivity index (χ0v) is 10.7. The molecule has 2 nitrogen and oxygen atoms in total. The van der Waals surface area contributed by atoms with Crippen molar-refractivity contribution in [1.82, 2.24) is 5.32 Å². The van der Waals surface area contributed by atoms with Crippen molar-refractivity contribution in [2.45, 2.75) is 20.0 Å². The average Bonchev–Trinajstić information content (AvgIpc) is 2.16. The van der Waals surface area contributed by atoms with Crippen molar-refractivity contribution in [3.05, 3.63) is 33.0 Å². The minimum Gasteiger partial charge on any atom is -0.387 e. The van der Waals surface area contributed by atoms with Gasteiger partial charge < -0.3 is 10.4 Å². The highest BCUT2D eigenvalue weighted by atomic mass is 79.9. The largest absolute Gasteiger partial charge is 0.387 e. The van der Waals surface area contributed by atoms with Gasteiger partial charge in [0.05, 0.1) is 10.6 Å². The molecule has 84 valence electrons. The summed E-state index contributed by atoms with van der Waals surface area (Å²) in [6.45, 7) is 4.06. The first kappa shape index (κ1) is 12.6. The number of benzene rings is 1. The number of rotatable bonds is 3. The molecule has 0 radical (unpaired) electrons. The highest BCUT2D eigenvalue weighted by Gasteiger charge is 2.18. The van der Waals surface area contributed by atoms with Gasteiger partial charge in [0.1, 0.15) is 5.82 Å². The van der Waals surface area contributed by atoms with Crippen LogP contribution in [0.1, 0.15) is 22.8 Å². The molecule has 1 atom stereocenters. The van der Waals surface area contributed by atoms with Crippen molar-refractivity contribution >= 4 is 15.9 Å². The third-order valence-corrected chi connectivity index (χ3v) is 3.09. The van der Waals surface area contributed by atoms with Crippen LogP contribution >= 0.6 is 15.9 Å². The Morgan fingerprint density at radius 2 is 2.13 bits per heavy atom. The standard InChI is InChI=1S/C11H15BrFNO/c1-6-4-8(12)11(13)10(7(6)2)9(15)5-14-3/h4,9,14-15H,5H2,1-3H3. The predicted octanol–water partition coefficient (Wildman–Crippen LogP) is 2.46. The Morgan fingerprint density at radius 1 is 1.53 bits per heavy atom. The number of halogens is 2. The summed E-state index contributed by atoms with van der Waals surface area (Å²) in [5.41, 5.74) is 2.14. The van der Waals surface area contributed by atoms with E-state index in [4.69, 9.17) is 0 Å². The molecule has 0 aliphatic heterocycles. The van der Waals surface area contributed by atoms with Crippen molar-refractivity contribution in [2.75, 3.05) is 13.6 Å². The normalized spacial score (nSPS) is 12.9. The second kappa shape index (κ2) is 5.05. The van der Waals surface area contributed by atoms with Gasteiger partial charge in [0.15, 0.2) is 0 Å². The summed E-state index contributed by atoms with van der Waals surface area (Å²) in [5.74, 6) is -0.374. The molecule has 2 N–H and O–H groups in total. The molecule has 1 aromatic carbocycles. The predicted molar refractivity (Wildman–Crippen MR) is 62.5 cm³/mol. The lowest BCUT2D eigenvalue weighted by Gasteiger charge is -2.17. The third-order valence-electron chi connectivity index (χ3n) is 2.52. The molecule has 4 heteroatoms. The van der Waals surface area contributed by atoms with Gasteiger partial charge in [0.25, 0.3) is 0 Å². The fourth-order valence-electron chi connectivity index (χ4n) is 1.56. The van der Waals surface area contributed by atoms with Crippen LogP contribution in [0.3, 0.4) is 0 Å². The van der Waals surface area contributed by atoms with Crippen LogP contribution in [0.2, 0.25) is 0 Å². The third kappa shape index (κ3) is 2.56. The van der Waals surface area contributed by atoms with Crippen molar-refractivity contribution < 1.29 is 9.50 Å². The van der Waals surface area contributed by atoms with Gasteiger partial charge in [-0.25, -0.2) is 4.39 Å². The molecule has 1 aromatic rings. The van der Waals surface area contributed by atoms with E-state index in [2.05, 4.69) is 21.2 Å². The Hall–Kier alpha value is -0.450. The van der Waals surface area contributed by atoms with Gasteiger partial charge in [-0.1, -0.05) is 0 Å². The van der Waals surface area contributed by atoms with E-state index in [1.165, 1.54) is 0 Å². The monoisotopic (exact) mass is 275 g/mol. The molecule has 0 aliphatic carbocycles. The van der Waals surface area contributed by atoms with Crippen molar-refractivity contribution in [3.8, 4) is 0 Å². The van der Waals surface area contributed by atoms with Crippen molar-refractivity contribution in [3.63, 3.8) is 0 Å². The zero-order valence-electron chi connectivity index (χ0n) is 9.06. The van der Waals surface area contributed by atoms with E-state index in [0.717, 1.165) is 11.1 Å². The Bertz CT molecular complexity index is 342. The summed E-state index contributed by atoms with van der Waals surface area (Å²) in [5, 5.41) is 12.6. The molecule has 0 bridgehead atoms. The Kier molecular flexibility index (Phi) is 4.25. The summed E-state index contributed by atoms with van der Waals surface area (Å²) in [6, 6.07) is 1.72. The molecule has 0 saturated heterocycles. The molecule has 0 fully saturated rings. The number of likely N-dealkylation sites (N-methyl/N-ethyl adjacent to an activating group) is 1. The molecular formula is C11H15BrFNO. The van der Waals surface area contributed by atoms with Gasteiger partial charge in [0.2, 0.25) is 0 Å².